The zero-order chi connectivity index (χ0) is 16.4. The van der Waals surface area contributed by atoms with Crippen molar-refractivity contribution in [1.82, 2.24) is 9.55 Å². The number of aryl methyl sites for hydroxylation is 2. The molecule has 0 fully saturated rings. The smallest absolute Gasteiger partial charge is 0.147 e. The van der Waals surface area contributed by atoms with Gasteiger partial charge in [-0.25, -0.2) is 0 Å². The number of aromatic nitrogens is 2. The van der Waals surface area contributed by atoms with Gasteiger partial charge in [-0.05, 0) is 31.9 Å². The van der Waals surface area contributed by atoms with Gasteiger partial charge < -0.3 is 9.30 Å². The molecule has 0 bridgehead atoms. The van der Waals surface area contributed by atoms with Crippen molar-refractivity contribution in [1.29, 1.82) is 0 Å². The van der Waals surface area contributed by atoms with Gasteiger partial charge in [0, 0.05) is 24.5 Å². The van der Waals surface area contributed by atoms with E-state index in [1.807, 2.05) is 18.3 Å². The van der Waals surface area contributed by atoms with Gasteiger partial charge >= 0.3 is 0 Å². The quantitative estimate of drug-likeness (QED) is 0.600. The van der Waals surface area contributed by atoms with Gasteiger partial charge in [0.1, 0.15) is 17.9 Å². The average Bonchev–Trinajstić information content (AvgIpc) is 2.79. The maximum atomic E-state index is 6.12. The van der Waals surface area contributed by atoms with Crippen LogP contribution in [0.5, 0.6) is 5.75 Å². The molecular weight excluding hydrogens is 320 g/mol. The van der Waals surface area contributed by atoms with Crippen LogP contribution in [0.4, 0.5) is 0 Å². The third kappa shape index (κ3) is 3.31. The Morgan fingerprint density at radius 2 is 2.00 bits per heavy atom. The number of nitrogens with zero attached hydrogens (tertiary/aromatic N) is 2. The van der Waals surface area contributed by atoms with Gasteiger partial charge in [-0.15, -0.1) is 19.0 Å². The van der Waals surface area contributed by atoms with Crippen LogP contribution >= 0.6 is 12.4 Å². The van der Waals surface area contributed by atoms with Crippen molar-refractivity contribution in [2.45, 2.75) is 33.9 Å². The summed E-state index contributed by atoms with van der Waals surface area (Å²) in [5, 5.41) is 0. The molecule has 0 saturated heterocycles. The van der Waals surface area contributed by atoms with Gasteiger partial charge in [-0.1, -0.05) is 35.9 Å². The Kier molecular flexibility index (Phi) is 5.68. The molecular formula is C20H23ClN2O. The van der Waals surface area contributed by atoms with Gasteiger partial charge in [-0.2, -0.15) is 0 Å². The summed E-state index contributed by atoms with van der Waals surface area (Å²) in [4.78, 5) is 4.54. The predicted molar refractivity (Wildman–Crippen MR) is 102 cm³/mol. The van der Waals surface area contributed by atoms with Crippen LogP contribution in [-0.2, 0) is 13.2 Å². The molecule has 0 saturated carbocycles. The lowest BCUT2D eigenvalue weighted by molar-refractivity contribution is 0.308. The van der Waals surface area contributed by atoms with Crippen LogP contribution in [0.15, 0.2) is 49.2 Å². The first kappa shape index (κ1) is 18.1. The molecule has 2 aromatic heterocycles. The minimum absolute atomic E-state index is 0. The van der Waals surface area contributed by atoms with Gasteiger partial charge in [0.2, 0.25) is 0 Å². The van der Waals surface area contributed by atoms with Crippen molar-refractivity contribution in [3.63, 3.8) is 0 Å². The summed E-state index contributed by atoms with van der Waals surface area (Å²) in [7, 11) is 0. The van der Waals surface area contributed by atoms with Crippen molar-refractivity contribution in [2.75, 3.05) is 0 Å². The summed E-state index contributed by atoms with van der Waals surface area (Å²) in [5.41, 5.74) is 6.88. The molecule has 3 nitrogen and oxygen atoms in total. The zero-order valence-electron chi connectivity index (χ0n) is 14.4. The molecule has 3 rings (SSSR count). The van der Waals surface area contributed by atoms with E-state index in [-0.39, 0.29) is 12.4 Å². The van der Waals surface area contributed by atoms with Crippen LogP contribution in [-0.4, -0.2) is 9.55 Å². The Labute approximate surface area is 149 Å². The maximum absolute atomic E-state index is 6.12. The fraction of sp³-hybridized carbons (Fsp3) is 0.250. The Morgan fingerprint density at radius 1 is 1.21 bits per heavy atom. The monoisotopic (exact) mass is 342 g/mol. The summed E-state index contributed by atoms with van der Waals surface area (Å²) in [6, 6.07) is 10.3. The van der Waals surface area contributed by atoms with E-state index in [0.717, 1.165) is 23.3 Å². The summed E-state index contributed by atoms with van der Waals surface area (Å²) in [6.07, 6.45) is 3.72. The normalized spacial score (nSPS) is 10.5. The van der Waals surface area contributed by atoms with Crippen molar-refractivity contribution in [3.05, 3.63) is 71.6 Å². The molecule has 0 aliphatic heterocycles. The van der Waals surface area contributed by atoms with Crippen molar-refractivity contribution < 1.29 is 4.74 Å². The SMILES string of the molecule is C=CCn1c(C)c(C)c2nccc(OCc3cccc(C)c3)c21.Cl. The highest BCUT2D eigenvalue weighted by molar-refractivity contribution is 5.86. The van der Waals surface area contributed by atoms with Gasteiger partial charge in [0.15, 0.2) is 0 Å². The molecule has 0 radical (unpaired) electrons. The zero-order valence-corrected chi connectivity index (χ0v) is 15.2. The molecule has 0 unspecified atom stereocenters. The van der Waals surface area contributed by atoms with Gasteiger partial charge in [0.05, 0.1) is 5.52 Å². The lowest BCUT2D eigenvalue weighted by atomic mass is 10.1. The first-order valence-electron chi connectivity index (χ1n) is 7.85. The summed E-state index contributed by atoms with van der Waals surface area (Å²) in [5.74, 6) is 0.870. The number of benzene rings is 1. The third-order valence-corrected chi connectivity index (χ3v) is 4.25. The fourth-order valence-electron chi connectivity index (χ4n) is 2.95. The largest absolute Gasteiger partial charge is 0.487 e. The summed E-state index contributed by atoms with van der Waals surface area (Å²) in [6.45, 7) is 11.5. The molecule has 1 aromatic carbocycles. The first-order valence-corrected chi connectivity index (χ1v) is 7.85. The van der Waals surface area contributed by atoms with Crippen molar-refractivity contribution in [3.8, 4) is 5.75 Å². The molecule has 24 heavy (non-hydrogen) atoms. The minimum atomic E-state index is 0. The molecule has 0 atom stereocenters. The summed E-state index contributed by atoms with van der Waals surface area (Å²) < 4.78 is 8.34. The lowest BCUT2D eigenvalue weighted by Crippen LogP contribution is -2.01. The second-order valence-electron chi connectivity index (χ2n) is 5.89. The molecule has 0 N–H and O–H groups in total. The fourth-order valence-corrected chi connectivity index (χ4v) is 2.95. The van der Waals surface area contributed by atoms with E-state index in [1.165, 1.54) is 22.4 Å². The lowest BCUT2D eigenvalue weighted by Gasteiger charge is -2.11. The molecule has 0 aliphatic carbocycles. The Morgan fingerprint density at radius 3 is 2.71 bits per heavy atom. The van der Waals surface area contributed by atoms with E-state index in [9.17, 15) is 0 Å². The van der Waals surface area contributed by atoms with E-state index in [0.29, 0.717) is 6.61 Å². The third-order valence-electron chi connectivity index (χ3n) is 4.25. The van der Waals surface area contributed by atoms with Crippen LogP contribution in [0.2, 0.25) is 0 Å². The number of hydrogen-bond donors (Lipinski definition) is 0. The van der Waals surface area contributed by atoms with Gasteiger partial charge in [-0.3, -0.25) is 4.98 Å². The number of allylic oxidation sites excluding steroid dienone is 1. The number of pyridine rings is 1. The highest BCUT2D eigenvalue weighted by Crippen LogP contribution is 2.31. The van der Waals surface area contributed by atoms with Crippen LogP contribution in [0, 0.1) is 20.8 Å². The van der Waals surface area contributed by atoms with E-state index in [4.69, 9.17) is 4.74 Å². The molecule has 0 amide bonds. The number of halogens is 1. The second kappa shape index (κ2) is 7.54. The standard InChI is InChI=1S/C20H22N2O.ClH/c1-5-11-22-16(4)15(3)19-20(22)18(9-10-21-19)23-13-17-8-6-7-14(2)12-17;/h5-10,12H,1,11,13H2,2-4H3;1H. The number of rotatable bonds is 5. The summed E-state index contributed by atoms with van der Waals surface area (Å²) >= 11 is 0. The second-order valence-corrected chi connectivity index (χ2v) is 5.89. The van der Waals surface area contributed by atoms with Crippen molar-refractivity contribution in [2.24, 2.45) is 0 Å². The van der Waals surface area contributed by atoms with E-state index >= 15 is 0 Å². The number of fused-ring (bicyclic) bond motifs is 1. The topological polar surface area (TPSA) is 27.1 Å². The minimum Gasteiger partial charge on any atom is -0.487 e. The molecule has 0 spiro atoms. The average molecular weight is 343 g/mol. The van der Waals surface area contributed by atoms with E-state index < -0.39 is 0 Å². The van der Waals surface area contributed by atoms with E-state index in [2.05, 4.69) is 61.2 Å². The first-order chi connectivity index (χ1) is 11.1. The van der Waals surface area contributed by atoms with Crippen LogP contribution in [0.25, 0.3) is 11.0 Å². The Bertz CT molecular complexity index is 867. The predicted octanol–water partition coefficient (Wildman–Crippen LogP) is 5.15. The Hall–Kier alpha value is -2.26. The van der Waals surface area contributed by atoms with Crippen LogP contribution in [0.3, 0.4) is 0 Å². The number of hydrogen-bond acceptors (Lipinski definition) is 2. The molecule has 2 heterocycles. The molecule has 126 valence electrons. The van der Waals surface area contributed by atoms with Crippen molar-refractivity contribution >= 4 is 23.4 Å². The molecule has 4 heteroatoms. The maximum Gasteiger partial charge on any atom is 0.147 e. The van der Waals surface area contributed by atoms with Gasteiger partial charge in [0.25, 0.3) is 0 Å². The van der Waals surface area contributed by atoms with Crippen LogP contribution < -0.4 is 4.74 Å². The van der Waals surface area contributed by atoms with E-state index in [1.54, 1.807) is 0 Å². The highest BCUT2D eigenvalue weighted by atomic mass is 35.5. The highest BCUT2D eigenvalue weighted by Gasteiger charge is 2.15. The van der Waals surface area contributed by atoms with Crippen LogP contribution in [0.1, 0.15) is 22.4 Å². The Balaban J connectivity index is 0.00000208. The molecule has 0 aliphatic rings. The molecule has 3 aromatic rings. The number of ether oxygens (including phenoxy) is 1.